The van der Waals surface area contributed by atoms with Crippen molar-refractivity contribution in [2.75, 3.05) is 19.9 Å². The predicted octanol–water partition coefficient (Wildman–Crippen LogP) is 3.50. The van der Waals surface area contributed by atoms with Gasteiger partial charge in [0.15, 0.2) is 17.3 Å². The molecule has 0 aliphatic carbocycles. The number of hydrogen-bond donors (Lipinski definition) is 0. The van der Waals surface area contributed by atoms with Gasteiger partial charge in [-0.1, -0.05) is 20.3 Å². The molecule has 21 heavy (non-hydrogen) atoms. The molecule has 1 aliphatic rings. The lowest BCUT2D eigenvalue weighted by atomic mass is 10.1. The summed E-state index contributed by atoms with van der Waals surface area (Å²) in [5.41, 5.74) is 0.698. The van der Waals surface area contributed by atoms with Gasteiger partial charge in [0.05, 0.1) is 6.54 Å². The average molecular weight is 291 g/mol. The van der Waals surface area contributed by atoms with Crippen molar-refractivity contribution in [3.63, 3.8) is 0 Å². The molecule has 0 amide bonds. The Morgan fingerprint density at radius 3 is 2.76 bits per heavy atom. The van der Waals surface area contributed by atoms with Crippen LogP contribution in [0.3, 0.4) is 0 Å². The Morgan fingerprint density at radius 1 is 1.29 bits per heavy atom. The molecule has 1 heterocycles. The second-order valence-corrected chi connectivity index (χ2v) is 5.57. The number of hydrogen-bond acceptors (Lipinski definition) is 4. The van der Waals surface area contributed by atoms with E-state index < -0.39 is 0 Å². The smallest absolute Gasteiger partial charge is 0.231 e. The van der Waals surface area contributed by atoms with Gasteiger partial charge in [0.2, 0.25) is 6.79 Å². The van der Waals surface area contributed by atoms with Gasteiger partial charge in [0.25, 0.3) is 0 Å². The van der Waals surface area contributed by atoms with Gasteiger partial charge >= 0.3 is 0 Å². The van der Waals surface area contributed by atoms with E-state index in [4.69, 9.17) is 9.47 Å². The third-order valence-corrected chi connectivity index (χ3v) is 4.05. The van der Waals surface area contributed by atoms with Crippen LogP contribution in [-0.2, 0) is 0 Å². The molecule has 1 aromatic carbocycles. The second-order valence-electron chi connectivity index (χ2n) is 5.57. The molecule has 0 saturated carbocycles. The first kappa shape index (κ1) is 15.8. The maximum atomic E-state index is 12.5. The molecule has 1 aromatic rings. The molecule has 1 aliphatic heterocycles. The zero-order chi connectivity index (χ0) is 15.2. The summed E-state index contributed by atoms with van der Waals surface area (Å²) in [4.78, 5) is 14.8. The average Bonchev–Trinajstić information content (AvgIpc) is 2.97. The largest absolute Gasteiger partial charge is 0.454 e. The van der Waals surface area contributed by atoms with Crippen LogP contribution < -0.4 is 9.47 Å². The highest BCUT2D eigenvalue weighted by Crippen LogP contribution is 2.32. The molecule has 4 nitrogen and oxygen atoms in total. The maximum Gasteiger partial charge on any atom is 0.231 e. The summed E-state index contributed by atoms with van der Waals surface area (Å²) in [5, 5.41) is 0. The lowest BCUT2D eigenvalue weighted by Gasteiger charge is -2.27. The van der Waals surface area contributed by atoms with Crippen LogP contribution in [-0.4, -0.2) is 36.6 Å². The van der Waals surface area contributed by atoms with E-state index in [2.05, 4.69) is 25.7 Å². The number of fused-ring (bicyclic) bond motifs is 1. The summed E-state index contributed by atoms with van der Waals surface area (Å²) in [6.07, 6.45) is 3.32. The Kier molecular flexibility index (Phi) is 5.62. The lowest BCUT2D eigenvalue weighted by molar-refractivity contribution is 0.0894. The van der Waals surface area contributed by atoms with Gasteiger partial charge < -0.3 is 9.47 Å². The fourth-order valence-corrected chi connectivity index (χ4v) is 2.42. The van der Waals surface area contributed by atoms with Crippen molar-refractivity contribution in [3.05, 3.63) is 23.8 Å². The number of carbonyl (C=O) groups is 1. The molecular formula is C17H25NO3. The SMILES string of the molecule is CCCCN(CC(=O)c1ccc2c(c1)OCO2)C(C)CC. The molecule has 0 fully saturated rings. The fourth-order valence-electron chi connectivity index (χ4n) is 2.42. The summed E-state index contributed by atoms with van der Waals surface area (Å²) in [5.74, 6) is 1.53. The van der Waals surface area contributed by atoms with Crippen molar-refractivity contribution in [3.8, 4) is 11.5 Å². The Labute approximate surface area is 127 Å². The van der Waals surface area contributed by atoms with Gasteiger partial charge in [-0.3, -0.25) is 9.69 Å². The number of unbranched alkanes of at least 4 members (excludes halogenated alkanes) is 1. The number of benzene rings is 1. The molecule has 1 atom stereocenters. The van der Waals surface area contributed by atoms with Crippen LogP contribution in [0, 0.1) is 0 Å². The Morgan fingerprint density at radius 2 is 2.05 bits per heavy atom. The van der Waals surface area contributed by atoms with Crippen molar-refractivity contribution in [1.82, 2.24) is 4.90 Å². The molecule has 116 valence electrons. The monoisotopic (exact) mass is 291 g/mol. The van der Waals surface area contributed by atoms with Gasteiger partial charge in [0, 0.05) is 11.6 Å². The maximum absolute atomic E-state index is 12.5. The van der Waals surface area contributed by atoms with E-state index in [0.717, 1.165) is 31.6 Å². The molecule has 0 N–H and O–H groups in total. The summed E-state index contributed by atoms with van der Waals surface area (Å²) in [6.45, 7) is 8.20. The molecule has 0 bridgehead atoms. The minimum absolute atomic E-state index is 0.143. The molecule has 4 heteroatoms. The van der Waals surface area contributed by atoms with Crippen molar-refractivity contribution >= 4 is 5.78 Å². The van der Waals surface area contributed by atoms with Gasteiger partial charge in [-0.2, -0.15) is 0 Å². The van der Waals surface area contributed by atoms with E-state index in [1.54, 1.807) is 6.07 Å². The zero-order valence-electron chi connectivity index (χ0n) is 13.2. The topological polar surface area (TPSA) is 38.8 Å². The lowest BCUT2D eigenvalue weighted by Crippen LogP contribution is -2.37. The fraction of sp³-hybridized carbons (Fsp3) is 0.588. The highest BCUT2D eigenvalue weighted by atomic mass is 16.7. The minimum atomic E-state index is 0.143. The van der Waals surface area contributed by atoms with Crippen LogP contribution in [0.1, 0.15) is 50.4 Å². The Hall–Kier alpha value is -1.55. The standard InChI is InChI=1S/C17H25NO3/c1-4-6-9-18(13(3)5-2)11-15(19)14-7-8-16-17(10-14)21-12-20-16/h7-8,10,13H,4-6,9,11-12H2,1-3H3. The van der Waals surface area contributed by atoms with E-state index in [9.17, 15) is 4.79 Å². The van der Waals surface area contributed by atoms with Crippen LogP contribution in [0.15, 0.2) is 18.2 Å². The third kappa shape index (κ3) is 3.97. The predicted molar refractivity (Wildman–Crippen MR) is 83.1 cm³/mol. The summed E-state index contributed by atoms with van der Waals surface area (Å²) >= 11 is 0. The molecule has 0 saturated heterocycles. The highest BCUT2D eigenvalue weighted by Gasteiger charge is 2.19. The summed E-state index contributed by atoms with van der Waals surface area (Å²) in [7, 11) is 0. The van der Waals surface area contributed by atoms with Gasteiger partial charge in [-0.15, -0.1) is 0 Å². The normalized spacial score (nSPS) is 14.5. The quantitative estimate of drug-likeness (QED) is 0.687. The third-order valence-electron chi connectivity index (χ3n) is 4.05. The first-order valence-electron chi connectivity index (χ1n) is 7.82. The van der Waals surface area contributed by atoms with E-state index in [1.807, 2.05) is 12.1 Å². The first-order chi connectivity index (χ1) is 10.2. The molecule has 2 rings (SSSR count). The van der Waals surface area contributed by atoms with Crippen molar-refractivity contribution < 1.29 is 14.3 Å². The molecular weight excluding hydrogens is 266 g/mol. The van der Waals surface area contributed by atoms with Gasteiger partial charge in [-0.25, -0.2) is 0 Å². The minimum Gasteiger partial charge on any atom is -0.454 e. The number of Topliss-reactive ketones (excluding diaryl/α,β-unsaturated/α-hetero) is 1. The molecule has 1 unspecified atom stereocenters. The number of nitrogens with zero attached hydrogens (tertiary/aromatic N) is 1. The van der Waals surface area contributed by atoms with E-state index in [0.29, 0.717) is 23.9 Å². The second kappa shape index (κ2) is 7.46. The van der Waals surface area contributed by atoms with Crippen LogP contribution >= 0.6 is 0 Å². The van der Waals surface area contributed by atoms with Crippen LogP contribution in [0.2, 0.25) is 0 Å². The molecule has 0 spiro atoms. The number of rotatable bonds is 8. The van der Waals surface area contributed by atoms with Crippen LogP contribution in [0.25, 0.3) is 0 Å². The van der Waals surface area contributed by atoms with E-state index in [-0.39, 0.29) is 12.6 Å². The van der Waals surface area contributed by atoms with Gasteiger partial charge in [-0.05, 0) is 44.5 Å². The van der Waals surface area contributed by atoms with Crippen molar-refractivity contribution in [1.29, 1.82) is 0 Å². The number of ketones is 1. The first-order valence-corrected chi connectivity index (χ1v) is 7.82. The van der Waals surface area contributed by atoms with Gasteiger partial charge in [0.1, 0.15) is 0 Å². The Balaban J connectivity index is 2.04. The van der Waals surface area contributed by atoms with E-state index >= 15 is 0 Å². The highest BCUT2D eigenvalue weighted by molar-refractivity contribution is 5.98. The molecule has 0 aromatic heterocycles. The van der Waals surface area contributed by atoms with Crippen LogP contribution in [0.5, 0.6) is 11.5 Å². The Bertz CT molecular complexity index is 487. The number of ether oxygens (including phenoxy) is 2. The summed E-state index contributed by atoms with van der Waals surface area (Å²) < 4.78 is 10.6. The molecule has 0 radical (unpaired) electrons. The van der Waals surface area contributed by atoms with Crippen LogP contribution in [0.4, 0.5) is 0 Å². The van der Waals surface area contributed by atoms with Crippen molar-refractivity contribution in [2.24, 2.45) is 0 Å². The summed E-state index contributed by atoms with van der Waals surface area (Å²) in [6, 6.07) is 5.85. The zero-order valence-corrected chi connectivity index (χ0v) is 13.2. The van der Waals surface area contributed by atoms with Crippen molar-refractivity contribution in [2.45, 2.75) is 46.1 Å². The number of carbonyl (C=O) groups excluding carboxylic acids is 1. The van der Waals surface area contributed by atoms with E-state index in [1.165, 1.54) is 0 Å².